The van der Waals surface area contributed by atoms with Crippen LogP contribution < -0.4 is 5.32 Å². The van der Waals surface area contributed by atoms with Gasteiger partial charge >= 0.3 is 5.97 Å². The molecule has 1 aromatic heterocycles. The number of hydrogen-bond donors (Lipinski definition) is 2. The van der Waals surface area contributed by atoms with Crippen molar-refractivity contribution in [3.05, 3.63) is 30.0 Å². The normalized spacial score (nSPS) is 19.7. The van der Waals surface area contributed by atoms with Crippen LogP contribution in [0.25, 0.3) is 10.9 Å². The highest BCUT2D eigenvalue weighted by molar-refractivity contribution is 5.84. The molecule has 0 spiro atoms. The number of aliphatic carboxylic acids is 1. The average Bonchev–Trinajstić information content (AvgIpc) is 2.76. The second-order valence-electron chi connectivity index (χ2n) is 5.15. The Labute approximate surface area is 121 Å². The van der Waals surface area contributed by atoms with Crippen LogP contribution in [-0.4, -0.2) is 50.8 Å². The van der Waals surface area contributed by atoms with E-state index in [0.717, 1.165) is 16.6 Å². The summed E-state index contributed by atoms with van der Waals surface area (Å²) in [6.45, 7) is 0.534. The van der Waals surface area contributed by atoms with Gasteiger partial charge in [-0.2, -0.15) is 5.10 Å². The first kappa shape index (κ1) is 13.6. The van der Waals surface area contributed by atoms with E-state index in [9.17, 15) is 14.7 Å². The number of rotatable bonds is 3. The molecule has 1 aliphatic rings. The molecular weight excluding hydrogens is 272 g/mol. The van der Waals surface area contributed by atoms with Crippen molar-refractivity contribution < 1.29 is 14.7 Å². The SMILES string of the molecule is Cn1nc(CN2CC(=O)NCC2C(=O)O)c2ccccc21. The molecule has 1 aliphatic heterocycles. The Morgan fingerprint density at radius 1 is 1.48 bits per heavy atom. The van der Waals surface area contributed by atoms with Gasteiger partial charge in [0.15, 0.2) is 0 Å². The summed E-state index contributed by atoms with van der Waals surface area (Å²) in [5.41, 5.74) is 1.77. The van der Waals surface area contributed by atoms with Gasteiger partial charge in [-0.3, -0.25) is 19.2 Å². The molecule has 0 radical (unpaired) electrons. The highest BCUT2D eigenvalue weighted by Crippen LogP contribution is 2.20. The van der Waals surface area contributed by atoms with Crippen LogP contribution in [0.3, 0.4) is 0 Å². The molecule has 1 fully saturated rings. The Morgan fingerprint density at radius 2 is 2.24 bits per heavy atom. The van der Waals surface area contributed by atoms with Gasteiger partial charge in [-0.25, -0.2) is 0 Å². The van der Waals surface area contributed by atoms with E-state index in [4.69, 9.17) is 0 Å². The van der Waals surface area contributed by atoms with E-state index in [2.05, 4.69) is 10.4 Å². The molecule has 0 bridgehead atoms. The molecule has 1 saturated heterocycles. The summed E-state index contributed by atoms with van der Waals surface area (Å²) >= 11 is 0. The summed E-state index contributed by atoms with van der Waals surface area (Å²) in [4.78, 5) is 24.5. The number of carbonyl (C=O) groups excluding carboxylic acids is 1. The van der Waals surface area contributed by atoms with Gasteiger partial charge in [0.05, 0.1) is 17.8 Å². The molecule has 21 heavy (non-hydrogen) atoms. The van der Waals surface area contributed by atoms with E-state index in [1.807, 2.05) is 31.3 Å². The Bertz CT molecular complexity index is 709. The third-order valence-corrected chi connectivity index (χ3v) is 3.75. The number of nitrogens with one attached hydrogen (secondary N) is 1. The van der Waals surface area contributed by atoms with Crippen LogP contribution in [0.5, 0.6) is 0 Å². The number of aromatic nitrogens is 2. The number of hydrogen-bond acceptors (Lipinski definition) is 4. The molecule has 2 aromatic rings. The standard InChI is InChI=1S/C14H16N4O3/c1-17-11-5-3-2-4-9(11)10(16-17)7-18-8-13(19)15-6-12(18)14(20)21/h2-5,12H,6-8H2,1H3,(H,15,19)(H,20,21). The van der Waals surface area contributed by atoms with Crippen molar-refractivity contribution in [2.75, 3.05) is 13.1 Å². The molecule has 0 aliphatic carbocycles. The first-order valence-corrected chi connectivity index (χ1v) is 6.70. The van der Waals surface area contributed by atoms with Crippen LogP contribution in [0.1, 0.15) is 5.69 Å². The molecule has 2 heterocycles. The lowest BCUT2D eigenvalue weighted by Crippen LogP contribution is -2.57. The minimum atomic E-state index is -0.935. The van der Waals surface area contributed by atoms with Crippen LogP contribution in [0, 0.1) is 0 Å². The quantitative estimate of drug-likeness (QED) is 0.827. The van der Waals surface area contributed by atoms with E-state index < -0.39 is 12.0 Å². The highest BCUT2D eigenvalue weighted by atomic mass is 16.4. The van der Waals surface area contributed by atoms with Gasteiger partial charge in [-0.15, -0.1) is 0 Å². The topological polar surface area (TPSA) is 87.5 Å². The molecule has 0 saturated carbocycles. The number of amides is 1. The predicted molar refractivity (Wildman–Crippen MR) is 75.6 cm³/mol. The Kier molecular flexibility index (Phi) is 3.34. The number of piperazine rings is 1. The molecule has 7 nitrogen and oxygen atoms in total. The van der Waals surface area contributed by atoms with Gasteiger partial charge in [-0.05, 0) is 6.07 Å². The zero-order valence-corrected chi connectivity index (χ0v) is 11.6. The number of carboxylic acid groups (broad SMARTS) is 1. The van der Waals surface area contributed by atoms with Crippen molar-refractivity contribution >= 4 is 22.8 Å². The first-order valence-electron chi connectivity index (χ1n) is 6.70. The minimum Gasteiger partial charge on any atom is -0.480 e. The van der Waals surface area contributed by atoms with Crippen molar-refractivity contribution in [2.24, 2.45) is 7.05 Å². The molecule has 110 valence electrons. The van der Waals surface area contributed by atoms with Crippen molar-refractivity contribution in [2.45, 2.75) is 12.6 Å². The number of benzene rings is 1. The third-order valence-electron chi connectivity index (χ3n) is 3.75. The summed E-state index contributed by atoms with van der Waals surface area (Å²) in [5.74, 6) is -1.09. The van der Waals surface area contributed by atoms with Crippen LogP contribution in [0.4, 0.5) is 0 Å². The smallest absolute Gasteiger partial charge is 0.322 e. The zero-order valence-electron chi connectivity index (χ0n) is 11.6. The van der Waals surface area contributed by atoms with E-state index in [1.54, 1.807) is 9.58 Å². The third kappa shape index (κ3) is 2.47. The lowest BCUT2D eigenvalue weighted by Gasteiger charge is -2.32. The van der Waals surface area contributed by atoms with Crippen LogP contribution in [0.15, 0.2) is 24.3 Å². The Balaban J connectivity index is 1.92. The molecule has 2 N–H and O–H groups in total. The molecule has 1 atom stereocenters. The molecule has 7 heteroatoms. The van der Waals surface area contributed by atoms with Crippen molar-refractivity contribution in [3.8, 4) is 0 Å². The van der Waals surface area contributed by atoms with Crippen molar-refractivity contribution in [1.82, 2.24) is 20.0 Å². The number of para-hydroxylation sites is 1. The fraction of sp³-hybridized carbons (Fsp3) is 0.357. The van der Waals surface area contributed by atoms with Crippen molar-refractivity contribution in [1.29, 1.82) is 0 Å². The summed E-state index contributed by atoms with van der Waals surface area (Å²) in [7, 11) is 1.85. The Hall–Kier alpha value is -2.41. The minimum absolute atomic E-state index is 0.0713. The summed E-state index contributed by atoms with van der Waals surface area (Å²) < 4.78 is 1.77. The largest absolute Gasteiger partial charge is 0.480 e. The van der Waals surface area contributed by atoms with Gasteiger partial charge in [0.2, 0.25) is 5.91 Å². The number of carbonyl (C=O) groups is 2. The van der Waals surface area contributed by atoms with E-state index in [0.29, 0.717) is 6.54 Å². The number of aryl methyl sites for hydroxylation is 1. The van der Waals surface area contributed by atoms with Crippen LogP contribution >= 0.6 is 0 Å². The summed E-state index contributed by atoms with van der Waals surface area (Å²) in [6, 6.07) is 7.05. The monoisotopic (exact) mass is 288 g/mol. The van der Waals surface area contributed by atoms with Crippen molar-refractivity contribution in [3.63, 3.8) is 0 Å². The zero-order chi connectivity index (χ0) is 15.0. The van der Waals surface area contributed by atoms with Gasteiger partial charge in [0.25, 0.3) is 0 Å². The maximum Gasteiger partial charge on any atom is 0.322 e. The van der Waals surface area contributed by atoms with Gasteiger partial charge < -0.3 is 10.4 Å². The Morgan fingerprint density at radius 3 is 3.00 bits per heavy atom. The molecule has 1 aromatic carbocycles. The second kappa shape index (κ2) is 5.17. The van der Waals surface area contributed by atoms with Gasteiger partial charge in [0.1, 0.15) is 6.04 Å². The summed E-state index contributed by atoms with van der Waals surface area (Å²) in [6.07, 6.45) is 0. The second-order valence-corrected chi connectivity index (χ2v) is 5.15. The maximum atomic E-state index is 11.5. The summed E-state index contributed by atoms with van der Waals surface area (Å²) in [5, 5.41) is 17.3. The lowest BCUT2D eigenvalue weighted by atomic mass is 10.1. The number of carboxylic acids is 1. The molecule has 1 unspecified atom stereocenters. The fourth-order valence-electron chi connectivity index (χ4n) is 2.70. The molecule has 3 rings (SSSR count). The molecular formula is C14H16N4O3. The van der Waals surface area contributed by atoms with Crippen LogP contribution in [-0.2, 0) is 23.2 Å². The average molecular weight is 288 g/mol. The van der Waals surface area contributed by atoms with E-state index in [1.165, 1.54) is 0 Å². The van der Waals surface area contributed by atoms with Crippen LogP contribution in [0.2, 0.25) is 0 Å². The van der Waals surface area contributed by atoms with Gasteiger partial charge in [-0.1, -0.05) is 18.2 Å². The number of fused-ring (bicyclic) bond motifs is 1. The lowest BCUT2D eigenvalue weighted by molar-refractivity contribution is -0.146. The van der Waals surface area contributed by atoms with E-state index >= 15 is 0 Å². The highest BCUT2D eigenvalue weighted by Gasteiger charge is 2.32. The van der Waals surface area contributed by atoms with Gasteiger partial charge in [0, 0.05) is 25.5 Å². The van der Waals surface area contributed by atoms with E-state index in [-0.39, 0.29) is 19.0 Å². The number of nitrogens with zero attached hydrogens (tertiary/aromatic N) is 3. The molecule has 1 amide bonds. The predicted octanol–water partition coefficient (Wildman–Crippen LogP) is -0.0417. The fourth-order valence-corrected chi connectivity index (χ4v) is 2.70. The first-order chi connectivity index (χ1) is 10.1. The maximum absolute atomic E-state index is 11.5.